The summed E-state index contributed by atoms with van der Waals surface area (Å²) in [6.45, 7) is 9.64. The molecule has 136 valence electrons. The van der Waals surface area contributed by atoms with Crippen molar-refractivity contribution in [1.82, 2.24) is 4.90 Å². The van der Waals surface area contributed by atoms with Gasteiger partial charge in [-0.3, -0.25) is 4.90 Å². The van der Waals surface area contributed by atoms with E-state index in [9.17, 15) is 5.11 Å². The number of aliphatic hydroxyl groups is 1. The fourth-order valence-electron chi connectivity index (χ4n) is 2.77. The van der Waals surface area contributed by atoms with Crippen molar-refractivity contribution in [3.05, 3.63) is 71.3 Å². The Hall–Kier alpha value is -1.68. The van der Waals surface area contributed by atoms with Crippen molar-refractivity contribution in [2.45, 2.75) is 40.0 Å². The van der Waals surface area contributed by atoms with Gasteiger partial charge in [0.2, 0.25) is 0 Å². The van der Waals surface area contributed by atoms with Crippen molar-refractivity contribution in [1.29, 1.82) is 0 Å². The average molecular weight is 341 g/mol. The molecule has 1 N–H and O–H groups in total. The number of aliphatic hydroxyl groups excluding tert-OH is 1. The fraction of sp³-hybridized carbons (Fsp3) is 0.455. The second-order valence-corrected chi connectivity index (χ2v) is 7.23. The van der Waals surface area contributed by atoms with E-state index in [0.29, 0.717) is 25.7 Å². The molecular weight excluding hydrogens is 310 g/mol. The maximum absolute atomic E-state index is 10.4. The Kier molecular flexibility index (Phi) is 8.13. The van der Waals surface area contributed by atoms with Gasteiger partial charge in [0.25, 0.3) is 0 Å². The average Bonchev–Trinajstić information content (AvgIpc) is 2.57. The van der Waals surface area contributed by atoms with E-state index in [0.717, 1.165) is 13.1 Å². The Morgan fingerprint density at radius 3 is 2.08 bits per heavy atom. The van der Waals surface area contributed by atoms with E-state index in [2.05, 4.69) is 74.2 Å². The fourth-order valence-corrected chi connectivity index (χ4v) is 2.77. The Labute approximate surface area is 152 Å². The van der Waals surface area contributed by atoms with Crippen LogP contribution in [0.4, 0.5) is 0 Å². The van der Waals surface area contributed by atoms with Crippen LogP contribution in [0.5, 0.6) is 0 Å². The lowest BCUT2D eigenvalue weighted by Crippen LogP contribution is -2.34. The van der Waals surface area contributed by atoms with Crippen LogP contribution in [0.15, 0.2) is 54.6 Å². The second kappa shape index (κ2) is 10.3. The van der Waals surface area contributed by atoms with Crippen LogP contribution >= 0.6 is 0 Å². The minimum Gasteiger partial charge on any atom is -0.389 e. The first kappa shape index (κ1) is 19.6. The summed E-state index contributed by atoms with van der Waals surface area (Å²) in [6, 6.07) is 19.0. The van der Waals surface area contributed by atoms with Gasteiger partial charge in [0.15, 0.2) is 0 Å². The molecule has 2 aromatic rings. The zero-order valence-corrected chi connectivity index (χ0v) is 15.7. The van der Waals surface area contributed by atoms with E-state index in [1.165, 1.54) is 16.7 Å². The molecule has 0 saturated heterocycles. The molecule has 0 amide bonds. The standard InChI is InChI=1S/C22H31NO2/c1-18(2)16-25-17-22(24)15-23(13-20-7-5-4-6-8-20)14-21-11-9-19(3)10-12-21/h4-12,18,22,24H,13-17H2,1-3H3/t22-/m0/s1. The molecule has 0 heterocycles. The minimum absolute atomic E-state index is 0.386. The molecule has 25 heavy (non-hydrogen) atoms. The van der Waals surface area contributed by atoms with Crippen LogP contribution in [0.2, 0.25) is 0 Å². The second-order valence-electron chi connectivity index (χ2n) is 7.23. The first-order valence-electron chi connectivity index (χ1n) is 9.10. The number of aryl methyl sites for hydroxylation is 1. The molecule has 2 rings (SSSR count). The van der Waals surface area contributed by atoms with Gasteiger partial charge in [-0.25, -0.2) is 0 Å². The summed E-state index contributed by atoms with van der Waals surface area (Å²) < 4.78 is 5.60. The number of rotatable bonds is 10. The van der Waals surface area contributed by atoms with Crippen LogP contribution in [0.1, 0.15) is 30.5 Å². The number of benzene rings is 2. The van der Waals surface area contributed by atoms with Gasteiger partial charge in [0, 0.05) is 26.2 Å². The maximum atomic E-state index is 10.4. The van der Waals surface area contributed by atoms with Gasteiger partial charge in [-0.2, -0.15) is 0 Å². The van der Waals surface area contributed by atoms with Gasteiger partial charge in [-0.1, -0.05) is 74.0 Å². The summed E-state index contributed by atoms with van der Waals surface area (Å²) in [5.41, 5.74) is 3.78. The number of ether oxygens (including phenoxy) is 1. The van der Waals surface area contributed by atoms with Crippen molar-refractivity contribution in [2.75, 3.05) is 19.8 Å². The summed E-state index contributed by atoms with van der Waals surface area (Å²) in [5, 5.41) is 10.4. The van der Waals surface area contributed by atoms with Crippen molar-refractivity contribution in [3.63, 3.8) is 0 Å². The zero-order chi connectivity index (χ0) is 18.1. The highest BCUT2D eigenvalue weighted by molar-refractivity contribution is 5.21. The molecule has 0 saturated carbocycles. The molecule has 2 aromatic carbocycles. The quantitative estimate of drug-likeness (QED) is 0.708. The van der Waals surface area contributed by atoms with Crippen LogP contribution in [-0.2, 0) is 17.8 Å². The lowest BCUT2D eigenvalue weighted by Gasteiger charge is -2.25. The molecule has 0 unspecified atom stereocenters. The largest absolute Gasteiger partial charge is 0.389 e. The monoisotopic (exact) mass is 341 g/mol. The predicted molar refractivity (Wildman–Crippen MR) is 103 cm³/mol. The van der Waals surface area contributed by atoms with Gasteiger partial charge in [0.05, 0.1) is 12.7 Å². The molecule has 0 aliphatic carbocycles. The Morgan fingerprint density at radius 1 is 0.880 bits per heavy atom. The van der Waals surface area contributed by atoms with Crippen molar-refractivity contribution in [3.8, 4) is 0 Å². The molecule has 0 aromatic heterocycles. The number of hydrogen-bond acceptors (Lipinski definition) is 3. The van der Waals surface area contributed by atoms with Crippen molar-refractivity contribution in [2.24, 2.45) is 5.92 Å². The Balaban J connectivity index is 1.96. The highest BCUT2D eigenvalue weighted by Gasteiger charge is 2.13. The molecule has 0 spiro atoms. The lowest BCUT2D eigenvalue weighted by atomic mass is 10.1. The molecular formula is C22H31NO2. The number of hydrogen-bond donors (Lipinski definition) is 1. The molecule has 1 atom stereocenters. The first-order valence-corrected chi connectivity index (χ1v) is 9.10. The van der Waals surface area contributed by atoms with Gasteiger partial charge in [-0.05, 0) is 24.0 Å². The third-order valence-electron chi connectivity index (χ3n) is 4.01. The molecule has 0 radical (unpaired) electrons. The van der Waals surface area contributed by atoms with Crippen molar-refractivity contribution >= 4 is 0 Å². The molecule has 0 aliphatic rings. The maximum Gasteiger partial charge on any atom is 0.0900 e. The van der Waals surface area contributed by atoms with E-state index in [1.807, 2.05) is 6.07 Å². The highest BCUT2D eigenvalue weighted by atomic mass is 16.5. The molecule has 0 bridgehead atoms. The zero-order valence-electron chi connectivity index (χ0n) is 15.7. The molecule has 3 heteroatoms. The van der Waals surface area contributed by atoms with Crippen LogP contribution in [-0.4, -0.2) is 35.9 Å². The van der Waals surface area contributed by atoms with Gasteiger partial charge in [0.1, 0.15) is 0 Å². The van der Waals surface area contributed by atoms with Crippen LogP contribution < -0.4 is 0 Å². The van der Waals surface area contributed by atoms with Crippen LogP contribution in [0.3, 0.4) is 0 Å². The normalized spacial score (nSPS) is 12.7. The third kappa shape index (κ3) is 7.82. The predicted octanol–water partition coefficient (Wildman–Crippen LogP) is 4.03. The summed E-state index contributed by atoms with van der Waals surface area (Å²) in [7, 11) is 0. The smallest absolute Gasteiger partial charge is 0.0900 e. The molecule has 0 fully saturated rings. The van der Waals surface area contributed by atoms with Crippen LogP contribution in [0, 0.1) is 12.8 Å². The topological polar surface area (TPSA) is 32.7 Å². The summed E-state index contributed by atoms with van der Waals surface area (Å²) in [6.07, 6.45) is -0.479. The van der Waals surface area contributed by atoms with E-state index < -0.39 is 6.10 Å². The van der Waals surface area contributed by atoms with E-state index in [4.69, 9.17) is 4.74 Å². The summed E-state index contributed by atoms with van der Waals surface area (Å²) >= 11 is 0. The number of nitrogens with zero attached hydrogens (tertiary/aromatic N) is 1. The minimum atomic E-state index is -0.479. The molecule has 0 aliphatic heterocycles. The Bertz CT molecular complexity index is 595. The van der Waals surface area contributed by atoms with Crippen molar-refractivity contribution < 1.29 is 9.84 Å². The highest BCUT2D eigenvalue weighted by Crippen LogP contribution is 2.12. The first-order chi connectivity index (χ1) is 12.0. The molecule has 3 nitrogen and oxygen atoms in total. The van der Waals surface area contributed by atoms with E-state index in [1.54, 1.807) is 0 Å². The van der Waals surface area contributed by atoms with E-state index >= 15 is 0 Å². The van der Waals surface area contributed by atoms with Gasteiger partial charge < -0.3 is 9.84 Å². The van der Waals surface area contributed by atoms with E-state index in [-0.39, 0.29) is 0 Å². The summed E-state index contributed by atoms with van der Waals surface area (Å²) in [4.78, 5) is 2.28. The SMILES string of the molecule is Cc1ccc(CN(Cc2ccccc2)C[C@H](O)COCC(C)C)cc1. The lowest BCUT2D eigenvalue weighted by molar-refractivity contribution is 0.00554. The third-order valence-corrected chi connectivity index (χ3v) is 4.01. The van der Waals surface area contributed by atoms with Gasteiger partial charge in [-0.15, -0.1) is 0 Å². The Morgan fingerprint density at radius 2 is 1.48 bits per heavy atom. The van der Waals surface area contributed by atoms with Crippen LogP contribution in [0.25, 0.3) is 0 Å². The van der Waals surface area contributed by atoms with Gasteiger partial charge >= 0.3 is 0 Å². The summed E-state index contributed by atoms with van der Waals surface area (Å²) in [5.74, 6) is 0.486.